The second-order valence-corrected chi connectivity index (χ2v) is 0.947. The van der Waals surface area contributed by atoms with E-state index in [9.17, 15) is 0 Å². The summed E-state index contributed by atoms with van der Waals surface area (Å²) in [5, 5.41) is 18.0. The molecule has 0 amide bonds. The van der Waals surface area contributed by atoms with Crippen molar-refractivity contribution >= 4 is 0 Å². The molecule has 0 fully saturated rings. The molecule has 0 radical (unpaired) electrons. The highest BCUT2D eigenvalue weighted by atomic mass is 16.3. The Bertz CT molecular complexity index is 17.2. The molecule has 0 unspecified atom stereocenters. The summed E-state index contributed by atoms with van der Waals surface area (Å²) in [6.45, 7) is -0.250. The molecule has 0 aromatic heterocycles. The fourth-order valence-corrected chi connectivity index (χ4v) is 0. The summed E-state index contributed by atoms with van der Waals surface area (Å²) in [5.74, 6) is 0. The van der Waals surface area contributed by atoms with Gasteiger partial charge in [0, 0.05) is 0 Å². The van der Waals surface area contributed by atoms with E-state index in [0.717, 1.165) is 0 Å². The van der Waals surface area contributed by atoms with Crippen LogP contribution in [0.4, 0.5) is 0 Å². The molecule has 3 heteroatoms. The third kappa shape index (κ3) is 114. The molecule has 0 atom stereocenters. The van der Waals surface area contributed by atoms with Crippen molar-refractivity contribution in [2.24, 2.45) is 0 Å². The van der Waals surface area contributed by atoms with Crippen LogP contribution in [0.15, 0.2) is 0 Å². The van der Waals surface area contributed by atoms with Gasteiger partial charge in [0.15, 0.2) is 0 Å². The Labute approximate surface area is 44.0 Å². The largest absolute Gasteiger partial charge is 0.394 e. The van der Waals surface area contributed by atoms with Gasteiger partial charge in [0.2, 0.25) is 0 Å². The molecule has 3 N–H and O–H groups in total. The molecule has 0 aliphatic rings. The lowest BCUT2D eigenvalue weighted by Gasteiger charge is -1.70. The topological polar surface area (TPSA) is 52.5 Å². The highest BCUT2D eigenvalue weighted by molar-refractivity contribution is 4.06. The van der Waals surface area contributed by atoms with E-state index in [0.29, 0.717) is 0 Å². The first-order valence-corrected chi connectivity index (χ1v) is 2.13. The second kappa shape index (κ2) is 16.9. The van der Waals surface area contributed by atoms with E-state index in [1.54, 1.807) is 0 Å². The van der Waals surface area contributed by atoms with E-state index in [-0.39, 0.29) is 13.2 Å². The average molecular weight is 107 g/mol. The summed E-state index contributed by atoms with van der Waals surface area (Å²) in [6.07, 6.45) is 0. The molecule has 0 aromatic rings. The highest BCUT2D eigenvalue weighted by Crippen LogP contribution is 1.39. The maximum Gasteiger partial charge on any atom is 0.0662 e. The van der Waals surface area contributed by atoms with Crippen LogP contribution in [0.2, 0.25) is 0 Å². The van der Waals surface area contributed by atoms with Crippen LogP contribution in [-0.4, -0.2) is 37.5 Å². The van der Waals surface area contributed by atoms with Gasteiger partial charge in [-0.3, -0.25) is 0 Å². The molecule has 0 bridgehead atoms. The molecule has 0 rings (SSSR count). The van der Waals surface area contributed by atoms with Crippen LogP contribution in [-0.2, 0) is 0 Å². The lowest BCUT2D eigenvalue weighted by Crippen LogP contribution is -1.89. The Kier molecular flexibility index (Phi) is 24.1. The summed E-state index contributed by atoms with van der Waals surface area (Å²) in [4.78, 5) is 0. The first-order valence-electron chi connectivity index (χ1n) is 2.13. The van der Waals surface area contributed by atoms with Gasteiger partial charge in [-0.25, -0.2) is 0 Å². The van der Waals surface area contributed by atoms with E-state index < -0.39 is 0 Å². The van der Waals surface area contributed by atoms with Gasteiger partial charge in [0.1, 0.15) is 0 Å². The minimum atomic E-state index is -0.125. The van der Waals surface area contributed by atoms with E-state index in [2.05, 4.69) is 5.32 Å². The number of nitrogens with one attached hydrogen (secondary N) is 1. The molecule has 0 aliphatic heterocycles. The van der Waals surface area contributed by atoms with Crippen LogP contribution in [0.25, 0.3) is 0 Å². The molecule has 3 nitrogen and oxygen atoms in total. The molecular formula is C4H13NO2. The third-order valence-corrected chi connectivity index (χ3v) is 0.1000. The molecular weight excluding hydrogens is 94.0 g/mol. The molecule has 0 saturated heterocycles. The van der Waals surface area contributed by atoms with Crippen LogP contribution in [0.3, 0.4) is 0 Å². The SMILES string of the molecule is CNC.OCCO. The molecule has 7 heavy (non-hydrogen) atoms. The zero-order valence-electron chi connectivity index (χ0n) is 4.81. The summed E-state index contributed by atoms with van der Waals surface area (Å²) in [5.41, 5.74) is 0. The quantitative estimate of drug-likeness (QED) is 0.395. The van der Waals surface area contributed by atoms with Gasteiger partial charge in [0.05, 0.1) is 13.2 Å². The maximum absolute atomic E-state index is 7.62. The highest BCUT2D eigenvalue weighted by Gasteiger charge is 1.58. The van der Waals surface area contributed by atoms with E-state index >= 15 is 0 Å². The van der Waals surface area contributed by atoms with Crippen LogP contribution in [0.5, 0.6) is 0 Å². The van der Waals surface area contributed by atoms with E-state index in [1.807, 2.05) is 14.1 Å². The molecule has 46 valence electrons. The number of hydrogen-bond donors (Lipinski definition) is 3. The van der Waals surface area contributed by atoms with Crippen molar-refractivity contribution in [2.45, 2.75) is 0 Å². The van der Waals surface area contributed by atoms with Crippen molar-refractivity contribution in [3.8, 4) is 0 Å². The number of hydrogen-bond acceptors (Lipinski definition) is 3. The predicted molar refractivity (Wildman–Crippen MR) is 29.2 cm³/mol. The van der Waals surface area contributed by atoms with Gasteiger partial charge in [-0.05, 0) is 14.1 Å². The van der Waals surface area contributed by atoms with Crippen LogP contribution >= 0.6 is 0 Å². The van der Waals surface area contributed by atoms with Crippen molar-refractivity contribution in [3.05, 3.63) is 0 Å². The summed E-state index contributed by atoms with van der Waals surface area (Å²) < 4.78 is 0. The van der Waals surface area contributed by atoms with Gasteiger partial charge in [-0.1, -0.05) is 0 Å². The smallest absolute Gasteiger partial charge is 0.0662 e. The molecule has 0 saturated carbocycles. The zero-order chi connectivity index (χ0) is 6.12. The Morgan fingerprint density at radius 2 is 1.29 bits per heavy atom. The van der Waals surface area contributed by atoms with Gasteiger partial charge in [-0.2, -0.15) is 0 Å². The maximum atomic E-state index is 7.62. The standard InChI is InChI=1S/C2H7N.C2H6O2/c1-3-2;3-1-2-4/h3H,1-2H3;3-4H,1-2H2. The fourth-order valence-electron chi connectivity index (χ4n) is 0. The summed E-state index contributed by atoms with van der Waals surface area (Å²) >= 11 is 0. The summed E-state index contributed by atoms with van der Waals surface area (Å²) in [6, 6.07) is 0. The lowest BCUT2D eigenvalue weighted by molar-refractivity contribution is 0.186. The minimum absolute atomic E-state index is 0.125. The van der Waals surface area contributed by atoms with Gasteiger partial charge >= 0.3 is 0 Å². The monoisotopic (exact) mass is 107 g/mol. The minimum Gasteiger partial charge on any atom is -0.394 e. The lowest BCUT2D eigenvalue weighted by atomic mass is 10.8. The van der Waals surface area contributed by atoms with Crippen molar-refractivity contribution in [1.82, 2.24) is 5.32 Å². The van der Waals surface area contributed by atoms with Crippen molar-refractivity contribution < 1.29 is 10.2 Å². The third-order valence-electron chi connectivity index (χ3n) is 0.1000. The molecule has 0 aliphatic carbocycles. The van der Waals surface area contributed by atoms with E-state index in [1.165, 1.54) is 0 Å². The summed E-state index contributed by atoms with van der Waals surface area (Å²) in [7, 11) is 3.75. The number of aliphatic hydroxyl groups is 2. The van der Waals surface area contributed by atoms with E-state index in [4.69, 9.17) is 10.2 Å². The second-order valence-electron chi connectivity index (χ2n) is 0.947. The number of rotatable bonds is 1. The fraction of sp³-hybridized carbons (Fsp3) is 1.00. The van der Waals surface area contributed by atoms with Crippen molar-refractivity contribution in [3.63, 3.8) is 0 Å². The van der Waals surface area contributed by atoms with Gasteiger partial charge in [-0.15, -0.1) is 0 Å². The Balaban J connectivity index is 0. The van der Waals surface area contributed by atoms with Gasteiger partial charge in [0.25, 0.3) is 0 Å². The predicted octanol–water partition coefficient (Wildman–Crippen LogP) is -1.19. The van der Waals surface area contributed by atoms with Crippen molar-refractivity contribution in [2.75, 3.05) is 27.3 Å². The van der Waals surface area contributed by atoms with Crippen molar-refractivity contribution in [1.29, 1.82) is 0 Å². The van der Waals surface area contributed by atoms with Crippen LogP contribution in [0.1, 0.15) is 0 Å². The molecule has 0 spiro atoms. The normalized spacial score (nSPS) is 6.86. The van der Waals surface area contributed by atoms with Gasteiger partial charge < -0.3 is 15.5 Å². The first-order chi connectivity index (χ1) is 3.33. The van der Waals surface area contributed by atoms with Crippen LogP contribution < -0.4 is 5.32 Å². The Hall–Kier alpha value is -0.120. The average Bonchev–Trinajstić information content (AvgIpc) is 1.69. The molecule has 0 heterocycles. The Morgan fingerprint density at radius 3 is 1.29 bits per heavy atom. The first kappa shape index (κ1) is 9.99. The molecule has 0 aromatic carbocycles. The zero-order valence-corrected chi connectivity index (χ0v) is 4.81. The van der Waals surface area contributed by atoms with Crippen LogP contribution in [0, 0.1) is 0 Å². The number of aliphatic hydroxyl groups excluding tert-OH is 2. The Morgan fingerprint density at radius 1 is 1.14 bits per heavy atom.